The molecule has 0 saturated heterocycles. The third-order valence-electron chi connectivity index (χ3n) is 2.81. The Morgan fingerprint density at radius 2 is 1.94 bits per heavy atom. The number of benzene rings is 1. The van der Waals surface area contributed by atoms with E-state index in [2.05, 4.69) is 21.7 Å². The smallest absolute Gasteiger partial charge is 0.423 e. The van der Waals surface area contributed by atoms with E-state index in [1.807, 2.05) is 25.2 Å². The second-order valence-corrected chi connectivity index (χ2v) is 5.16. The van der Waals surface area contributed by atoms with Crippen molar-refractivity contribution in [2.24, 2.45) is 0 Å². The number of thiophene rings is 1. The molecule has 2 rings (SSSR count). The van der Waals surface area contributed by atoms with E-state index in [0.717, 1.165) is 12.1 Å². The van der Waals surface area contributed by atoms with Crippen LogP contribution in [0.15, 0.2) is 41.1 Å². The second-order valence-electron chi connectivity index (χ2n) is 4.38. The van der Waals surface area contributed by atoms with Crippen molar-refractivity contribution in [3.63, 3.8) is 0 Å². The largest absolute Gasteiger partial charge is 0.488 e. The van der Waals surface area contributed by atoms with E-state index < -0.39 is 7.12 Å². The van der Waals surface area contributed by atoms with Crippen LogP contribution in [0.2, 0.25) is 0 Å². The Morgan fingerprint density at radius 3 is 2.61 bits per heavy atom. The number of hydrogen-bond acceptors (Lipinski definition) is 4. The lowest BCUT2D eigenvalue weighted by atomic mass is 9.77. The molecule has 2 aromatic rings. The summed E-state index contributed by atoms with van der Waals surface area (Å²) in [5, 5.41) is 22.8. The van der Waals surface area contributed by atoms with Crippen molar-refractivity contribution in [2.75, 3.05) is 7.05 Å². The van der Waals surface area contributed by atoms with Crippen molar-refractivity contribution in [1.82, 2.24) is 4.90 Å². The Hall–Kier alpha value is -1.14. The number of rotatable bonds is 5. The highest BCUT2D eigenvalue weighted by Gasteiger charge is 2.15. The third kappa shape index (κ3) is 3.43. The molecule has 0 aliphatic rings. The van der Waals surface area contributed by atoms with Crippen LogP contribution in [0.25, 0.3) is 0 Å². The fourth-order valence-corrected chi connectivity index (χ4v) is 2.63. The average molecular weight is 261 g/mol. The first-order valence-electron chi connectivity index (χ1n) is 5.80. The highest BCUT2D eigenvalue weighted by molar-refractivity contribution is 7.07. The molecule has 1 aromatic heterocycles. The van der Waals surface area contributed by atoms with E-state index in [0.29, 0.717) is 12.0 Å². The molecular weight excluding hydrogens is 245 g/mol. The molecule has 3 nitrogen and oxygen atoms in total. The van der Waals surface area contributed by atoms with Gasteiger partial charge in [0.25, 0.3) is 0 Å². The van der Waals surface area contributed by atoms with Crippen LogP contribution in [-0.4, -0.2) is 29.1 Å². The van der Waals surface area contributed by atoms with Gasteiger partial charge in [-0.1, -0.05) is 24.3 Å². The van der Waals surface area contributed by atoms with Crippen LogP contribution >= 0.6 is 11.3 Å². The molecule has 0 bridgehead atoms. The summed E-state index contributed by atoms with van der Waals surface area (Å²) in [6.45, 7) is 1.56. The first kappa shape index (κ1) is 13.3. The van der Waals surface area contributed by atoms with Gasteiger partial charge in [-0.15, -0.1) is 0 Å². The minimum Gasteiger partial charge on any atom is -0.423 e. The topological polar surface area (TPSA) is 43.7 Å². The van der Waals surface area contributed by atoms with Crippen LogP contribution in [0, 0.1) is 0 Å². The predicted molar refractivity (Wildman–Crippen MR) is 75.8 cm³/mol. The molecule has 18 heavy (non-hydrogen) atoms. The van der Waals surface area contributed by atoms with Crippen LogP contribution < -0.4 is 5.46 Å². The minimum absolute atomic E-state index is 0.578. The Balaban J connectivity index is 2.04. The summed E-state index contributed by atoms with van der Waals surface area (Å²) in [7, 11) is 0.619. The lowest BCUT2D eigenvalue weighted by molar-refractivity contribution is 0.319. The molecule has 0 spiro atoms. The molecule has 0 aliphatic heterocycles. The highest BCUT2D eigenvalue weighted by Crippen LogP contribution is 2.10. The van der Waals surface area contributed by atoms with Crippen LogP contribution in [0.1, 0.15) is 11.1 Å². The zero-order valence-corrected chi connectivity index (χ0v) is 11.1. The lowest BCUT2D eigenvalue weighted by Gasteiger charge is -2.18. The standard InChI is InChI=1S/C13H16BNO2S/c1-15(8-11-6-7-18-10-11)9-12-4-2-3-5-13(12)14(16)17/h2-7,10,16-17H,8-9H2,1H3. The highest BCUT2D eigenvalue weighted by atomic mass is 32.1. The maximum absolute atomic E-state index is 9.31. The van der Waals surface area contributed by atoms with Gasteiger partial charge in [-0.3, -0.25) is 4.90 Å². The van der Waals surface area contributed by atoms with Crippen LogP contribution in [0.3, 0.4) is 0 Å². The van der Waals surface area contributed by atoms with E-state index in [1.165, 1.54) is 5.56 Å². The Morgan fingerprint density at radius 1 is 1.17 bits per heavy atom. The molecular formula is C13H16BNO2S. The molecule has 0 saturated carbocycles. The quantitative estimate of drug-likeness (QED) is 0.791. The zero-order valence-electron chi connectivity index (χ0n) is 10.3. The predicted octanol–water partition coefficient (Wildman–Crippen LogP) is 1.06. The fraction of sp³-hybridized carbons (Fsp3) is 0.231. The van der Waals surface area contributed by atoms with Crippen molar-refractivity contribution in [3.8, 4) is 0 Å². The van der Waals surface area contributed by atoms with Gasteiger partial charge in [-0.05, 0) is 40.5 Å². The van der Waals surface area contributed by atoms with Crippen molar-refractivity contribution in [1.29, 1.82) is 0 Å². The summed E-state index contributed by atoms with van der Waals surface area (Å²) in [6, 6.07) is 9.52. The van der Waals surface area contributed by atoms with Crippen LogP contribution in [0.5, 0.6) is 0 Å². The summed E-state index contributed by atoms with van der Waals surface area (Å²) in [4.78, 5) is 2.16. The number of hydrogen-bond donors (Lipinski definition) is 2. The molecule has 2 N–H and O–H groups in total. The van der Waals surface area contributed by atoms with Crippen molar-refractivity contribution in [2.45, 2.75) is 13.1 Å². The van der Waals surface area contributed by atoms with Crippen LogP contribution in [-0.2, 0) is 13.1 Å². The Labute approximate surface area is 111 Å². The average Bonchev–Trinajstić information content (AvgIpc) is 2.82. The summed E-state index contributed by atoms with van der Waals surface area (Å²) < 4.78 is 0. The summed E-state index contributed by atoms with van der Waals surface area (Å²) >= 11 is 1.69. The van der Waals surface area contributed by atoms with Gasteiger partial charge in [0.15, 0.2) is 0 Å². The van der Waals surface area contributed by atoms with Gasteiger partial charge < -0.3 is 10.0 Å². The minimum atomic E-state index is -1.41. The molecule has 1 aromatic carbocycles. The van der Waals surface area contributed by atoms with Gasteiger partial charge in [0.05, 0.1) is 0 Å². The van der Waals surface area contributed by atoms with Gasteiger partial charge in [-0.2, -0.15) is 11.3 Å². The first-order chi connectivity index (χ1) is 8.66. The molecule has 5 heteroatoms. The van der Waals surface area contributed by atoms with Gasteiger partial charge in [-0.25, -0.2) is 0 Å². The fourth-order valence-electron chi connectivity index (χ4n) is 1.97. The molecule has 0 unspecified atom stereocenters. The number of nitrogens with zero attached hydrogens (tertiary/aromatic N) is 1. The van der Waals surface area contributed by atoms with E-state index in [4.69, 9.17) is 0 Å². The third-order valence-corrected chi connectivity index (χ3v) is 3.54. The van der Waals surface area contributed by atoms with Gasteiger partial charge >= 0.3 is 7.12 Å². The SMILES string of the molecule is CN(Cc1ccsc1)Cc1ccccc1B(O)O. The molecule has 0 fully saturated rings. The monoisotopic (exact) mass is 261 g/mol. The van der Waals surface area contributed by atoms with Crippen molar-refractivity contribution < 1.29 is 10.0 Å². The molecule has 0 radical (unpaired) electrons. The molecule has 0 amide bonds. The van der Waals surface area contributed by atoms with Gasteiger partial charge in [0, 0.05) is 13.1 Å². The summed E-state index contributed by atoms with van der Waals surface area (Å²) in [6.07, 6.45) is 0. The van der Waals surface area contributed by atoms with Crippen molar-refractivity contribution >= 4 is 23.9 Å². The molecule has 94 valence electrons. The lowest BCUT2D eigenvalue weighted by Crippen LogP contribution is -2.34. The maximum atomic E-state index is 9.31. The normalized spacial score (nSPS) is 10.9. The van der Waals surface area contributed by atoms with Gasteiger partial charge in [0.1, 0.15) is 0 Å². The molecule has 0 atom stereocenters. The molecule has 0 aliphatic carbocycles. The summed E-state index contributed by atoms with van der Waals surface area (Å²) in [5.41, 5.74) is 2.81. The van der Waals surface area contributed by atoms with Gasteiger partial charge in [0.2, 0.25) is 0 Å². The van der Waals surface area contributed by atoms with Crippen molar-refractivity contribution in [3.05, 3.63) is 52.2 Å². The van der Waals surface area contributed by atoms with E-state index in [-0.39, 0.29) is 0 Å². The van der Waals surface area contributed by atoms with Crippen LogP contribution in [0.4, 0.5) is 0 Å². The maximum Gasteiger partial charge on any atom is 0.488 e. The summed E-state index contributed by atoms with van der Waals surface area (Å²) in [5.74, 6) is 0. The van der Waals surface area contributed by atoms with E-state index in [1.54, 1.807) is 17.4 Å². The second kappa shape index (κ2) is 6.16. The Bertz CT molecular complexity index is 487. The van der Waals surface area contributed by atoms with E-state index in [9.17, 15) is 10.0 Å². The first-order valence-corrected chi connectivity index (χ1v) is 6.74. The molecule has 1 heterocycles. The van der Waals surface area contributed by atoms with E-state index >= 15 is 0 Å². The Kier molecular flexibility index (Phi) is 4.55. The zero-order chi connectivity index (χ0) is 13.0.